The number of carbonyl (C=O) groups is 2. The highest BCUT2D eigenvalue weighted by Gasteiger charge is 2.23. The Hall–Kier alpha value is -1.30. The van der Waals surface area contributed by atoms with Crippen LogP contribution in [0.2, 0.25) is 0 Å². The second-order valence-corrected chi connectivity index (χ2v) is 4.17. The second kappa shape index (κ2) is 8.74. The number of nitrogens with zero attached hydrogens (tertiary/aromatic N) is 2. The molecule has 1 N–H and O–H groups in total. The van der Waals surface area contributed by atoms with Gasteiger partial charge in [0.05, 0.1) is 6.61 Å². The minimum absolute atomic E-state index is 0.144. The van der Waals surface area contributed by atoms with Crippen molar-refractivity contribution in [2.24, 2.45) is 0 Å². The topological polar surface area (TPSA) is 70.1 Å². The van der Waals surface area contributed by atoms with Crippen LogP contribution in [0.5, 0.6) is 0 Å². The van der Waals surface area contributed by atoms with Crippen molar-refractivity contribution < 1.29 is 19.4 Å². The molecule has 0 rings (SSSR count). The number of hydrogen-bond donors (Lipinski definition) is 1. The molecule has 0 saturated heterocycles. The quantitative estimate of drug-likeness (QED) is 0.667. The SMILES string of the molecule is CCOCCN(CC)C(=O)N(CC(=O)O)C(C)C. The zero-order valence-electron chi connectivity index (χ0n) is 11.7. The number of urea groups is 1. The lowest BCUT2D eigenvalue weighted by Crippen LogP contribution is -2.49. The molecular weight excluding hydrogens is 236 g/mol. The standard InChI is InChI=1S/C12H24N2O4/c1-5-13(7-8-18-6-2)12(17)14(10(3)4)9-11(15)16/h10H,5-9H2,1-4H3,(H,15,16). The van der Waals surface area contributed by atoms with Crippen molar-refractivity contribution in [2.75, 3.05) is 32.8 Å². The third kappa shape index (κ3) is 5.86. The predicted octanol–water partition coefficient (Wildman–Crippen LogP) is 1.26. The number of aliphatic carboxylic acids is 1. The number of rotatable bonds is 8. The smallest absolute Gasteiger partial charge is 0.323 e. The highest BCUT2D eigenvalue weighted by Crippen LogP contribution is 2.04. The van der Waals surface area contributed by atoms with Crippen LogP contribution in [-0.2, 0) is 9.53 Å². The van der Waals surface area contributed by atoms with E-state index in [1.165, 1.54) is 4.90 Å². The minimum atomic E-state index is -1.00. The lowest BCUT2D eigenvalue weighted by molar-refractivity contribution is -0.138. The summed E-state index contributed by atoms with van der Waals surface area (Å²) in [6.45, 7) is 9.17. The van der Waals surface area contributed by atoms with Gasteiger partial charge >= 0.3 is 12.0 Å². The number of carboxylic acids is 1. The van der Waals surface area contributed by atoms with Crippen molar-refractivity contribution in [3.63, 3.8) is 0 Å². The molecule has 0 atom stereocenters. The monoisotopic (exact) mass is 260 g/mol. The fourth-order valence-corrected chi connectivity index (χ4v) is 1.51. The molecule has 0 aromatic rings. The molecule has 0 aromatic heterocycles. The number of hydrogen-bond acceptors (Lipinski definition) is 3. The van der Waals surface area contributed by atoms with E-state index in [0.29, 0.717) is 26.3 Å². The molecular formula is C12H24N2O4. The van der Waals surface area contributed by atoms with E-state index in [1.54, 1.807) is 18.7 Å². The molecule has 0 saturated carbocycles. The van der Waals surface area contributed by atoms with Gasteiger partial charge in [-0.05, 0) is 27.7 Å². The van der Waals surface area contributed by atoms with Gasteiger partial charge in [0.25, 0.3) is 0 Å². The van der Waals surface area contributed by atoms with Gasteiger partial charge in [-0.25, -0.2) is 4.79 Å². The molecule has 0 aliphatic carbocycles. The maximum absolute atomic E-state index is 12.2. The molecule has 6 nitrogen and oxygen atoms in total. The Labute approximate surface area is 109 Å². The van der Waals surface area contributed by atoms with Gasteiger partial charge in [0, 0.05) is 25.7 Å². The fourth-order valence-electron chi connectivity index (χ4n) is 1.51. The summed E-state index contributed by atoms with van der Waals surface area (Å²) in [6, 6.07) is -0.399. The maximum atomic E-state index is 12.2. The van der Waals surface area contributed by atoms with Crippen LogP contribution in [0.4, 0.5) is 4.79 Å². The Morgan fingerprint density at radius 3 is 2.28 bits per heavy atom. The third-order valence-corrected chi connectivity index (χ3v) is 2.54. The van der Waals surface area contributed by atoms with Gasteiger partial charge in [-0.3, -0.25) is 4.79 Å². The van der Waals surface area contributed by atoms with E-state index >= 15 is 0 Å². The normalized spacial score (nSPS) is 10.5. The van der Waals surface area contributed by atoms with Gasteiger partial charge in [-0.15, -0.1) is 0 Å². The zero-order valence-corrected chi connectivity index (χ0v) is 11.7. The summed E-state index contributed by atoms with van der Waals surface area (Å²) in [6.07, 6.45) is 0. The first-order valence-electron chi connectivity index (χ1n) is 6.29. The molecule has 0 fully saturated rings. The molecule has 0 radical (unpaired) electrons. The van der Waals surface area contributed by atoms with E-state index in [9.17, 15) is 9.59 Å². The summed E-state index contributed by atoms with van der Waals surface area (Å²) in [4.78, 5) is 25.9. The van der Waals surface area contributed by atoms with Crippen molar-refractivity contribution in [1.82, 2.24) is 9.80 Å². The van der Waals surface area contributed by atoms with E-state index in [4.69, 9.17) is 9.84 Å². The average molecular weight is 260 g/mol. The average Bonchev–Trinajstić information content (AvgIpc) is 2.30. The Bertz CT molecular complexity index is 269. The van der Waals surface area contributed by atoms with Gasteiger partial charge in [-0.1, -0.05) is 0 Å². The lowest BCUT2D eigenvalue weighted by Gasteiger charge is -2.31. The summed E-state index contributed by atoms with van der Waals surface area (Å²) >= 11 is 0. The number of carbonyl (C=O) groups excluding carboxylic acids is 1. The number of likely N-dealkylation sites (N-methyl/N-ethyl adjacent to an activating group) is 1. The lowest BCUT2D eigenvalue weighted by atomic mass is 10.3. The van der Waals surface area contributed by atoms with Gasteiger partial charge in [0.1, 0.15) is 6.54 Å². The van der Waals surface area contributed by atoms with Gasteiger partial charge in [0.2, 0.25) is 0 Å². The third-order valence-electron chi connectivity index (χ3n) is 2.54. The summed E-state index contributed by atoms with van der Waals surface area (Å²) in [5.74, 6) is -1.00. The largest absolute Gasteiger partial charge is 0.480 e. The Kier molecular flexibility index (Phi) is 8.11. The first kappa shape index (κ1) is 16.7. The van der Waals surface area contributed by atoms with E-state index < -0.39 is 5.97 Å². The number of amides is 2. The molecule has 0 spiro atoms. The molecule has 18 heavy (non-hydrogen) atoms. The van der Waals surface area contributed by atoms with E-state index in [-0.39, 0.29) is 18.6 Å². The molecule has 0 heterocycles. The second-order valence-electron chi connectivity index (χ2n) is 4.17. The summed E-state index contributed by atoms with van der Waals surface area (Å²) in [7, 11) is 0. The summed E-state index contributed by atoms with van der Waals surface area (Å²) in [5.41, 5.74) is 0. The molecule has 0 unspecified atom stereocenters. The van der Waals surface area contributed by atoms with Crippen molar-refractivity contribution in [3.05, 3.63) is 0 Å². The van der Waals surface area contributed by atoms with Gasteiger partial charge in [0.15, 0.2) is 0 Å². The molecule has 0 aliphatic rings. The highest BCUT2D eigenvalue weighted by atomic mass is 16.5. The van der Waals surface area contributed by atoms with Crippen molar-refractivity contribution in [2.45, 2.75) is 33.7 Å². The van der Waals surface area contributed by atoms with E-state index in [2.05, 4.69) is 0 Å². The molecule has 106 valence electrons. The van der Waals surface area contributed by atoms with E-state index in [1.807, 2.05) is 13.8 Å². The van der Waals surface area contributed by atoms with Crippen molar-refractivity contribution in [1.29, 1.82) is 0 Å². The zero-order chi connectivity index (χ0) is 14.1. The number of ether oxygens (including phenoxy) is 1. The first-order valence-corrected chi connectivity index (χ1v) is 6.29. The van der Waals surface area contributed by atoms with E-state index in [0.717, 1.165) is 0 Å². The molecule has 0 bridgehead atoms. The molecule has 0 aromatic carbocycles. The summed E-state index contributed by atoms with van der Waals surface area (Å²) < 4.78 is 5.21. The summed E-state index contributed by atoms with van der Waals surface area (Å²) in [5, 5.41) is 8.81. The number of carboxylic acid groups (broad SMARTS) is 1. The molecule has 0 aliphatic heterocycles. The Balaban J connectivity index is 4.54. The first-order chi connectivity index (χ1) is 8.43. The van der Waals surface area contributed by atoms with Gasteiger partial charge < -0.3 is 19.6 Å². The highest BCUT2D eigenvalue weighted by molar-refractivity contribution is 5.80. The van der Waals surface area contributed by atoms with Crippen molar-refractivity contribution in [3.8, 4) is 0 Å². The Morgan fingerprint density at radius 1 is 1.28 bits per heavy atom. The minimum Gasteiger partial charge on any atom is -0.480 e. The van der Waals surface area contributed by atoms with Crippen LogP contribution in [0.25, 0.3) is 0 Å². The van der Waals surface area contributed by atoms with Crippen LogP contribution >= 0.6 is 0 Å². The predicted molar refractivity (Wildman–Crippen MR) is 68.6 cm³/mol. The molecule has 6 heteroatoms. The van der Waals surface area contributed by atoms with Crippen molar-refractivity contribution >= 4 is 12.0 Å². The Morgan fingerprint density at radius 2 is 1.89 bits per heavy atom. The van der Waals surface area contributed by atoms with Crippen LogP contribution in [0.15, 0.2) is 0 Å². The van der Waals surface area contributed by atoms with Crippen LogP contribution < -0.4 is 0 Å². The maximum Gasteiger partial charge on any atom is 0.323 e. The van der Waals surface area contributed by atoms with Crippen LogP contribution in [0, 0.1) is 0 Å². The van der Waals surface area contributed by atoms with Gasteiger partial charge in [-0.2, -0.15) is 0 Å². The fraction of sp³-hybridized carbons (Fsp3) is 0.833. The van der Waals surface area contributed by atoms with Crippen LogP contribution in [0.3, 0.4) is 0 Å². The molecule has 2 amide bonds. The van der Waals surface area contributed by atoms with Crippen LogP contribution in [-0.4, -0.2) is 65.8 Å². The van der Waals surface area contributed by atoms with Crippen LogP contribution in [0.1, 0.15) is 27.7 Å².